The molecular weight excluding hydrogens is 363 g/mol. The Morgan fingerprint density at radius 1 is 0.897 bits per heavy atom. The van der Waals surface area contributed by atoms with E-state index in [4.69, 9.17) is 4.74 Å². The van der Waals surface area contributed by atoms with E-state index < -0.39 is 0 Å². The zero-order chi connectivity index (χ0) is 20.3. The van der Waals surface area contributed by atoms with Gasteiger partial charge in [0.05, 0.1) is 0 Å². The summed E-state index contributed by atoms with van der Waals surface area (Å²) in [6, 6.07) is 9.52. The molecule has 0 spiro atoms. The van der Waals surface area contributed by atoms with Gasteiger partial charge in [0, 0.05) is 12.0 Å². The molecule has 1 aromatic carbocycles. The molecule has 2 fully saturated rings. The first kappa shape index (κ1) is 21.7. The number of amides is 2. The lowest BCUT2D eigenvalue weighted by atomic mass is 9.68. The lowest BCUT2D eigenvalue weighted by molar-refractivity contribution is -0.125. The molecule has 158 valence electrons. The average molecular weight is 398 g/mol. The van der Waals surface area contributed by atoms with Crippen LogP contribution < -0.4 is 15.3 Å². The van der Waals surface area contributed by atoms with Crippen LogP contribution in [0.25, 0.3) is 0 Å². The quantitative estimate of drug-likeness (QED) is 0.688. The molecule has 0 radical (unpaired) electrons. The molecule has 6 heteroatoms. The van der Waals surface area contributed by atoms with Crippen LogP contribution in [0.2, 0.25) is 5.82 Å². The van der Waals surface area contributed by atoms with Gasteiger partial charge in [-0.05, 0) is 43.6 Å². The molecule has 3 rings (SSSR count). The maximum absolute atomic E-state index is 12.6. The van der Waals surface area contributed by atoms with Gasteiger partial charge in [-0.1, -0.05) is 63.1 Å². The minimum Gasteiger partial charge on any atom is -0.484 e. The maximum atomic E-state index is 12.6. The van der Waals surface area contributed by atoms with Crippen molar-refractivity contribution in [3.8, 4) is 5.75 Å². The lowest BCUT2D eigenvalue weighted by Gasteiger charge is -2.29. The van der Waals surface area contributed by atoms with Gasteiger partial charge >= 0.3 is 0 Å². The number of benzene rings is 1. The summed E-state index contributed by atoms with van der Waals surface area (Å²) in [7, 11) is 0.840. The Labute approximate surface area is 175 Å². The normalized spacial score (nSPS) is 23.3. The Hall–Kier alpha value is -1.98. The van der Waals surface area contributed by atoms with Crippen LogP contribution in [-0.4, -0.2) is 31.9 Å². The highest BCUT2D eigenvalue weighted by molar-refractivity contribution is 6.39. The van der Waals surface area contributed by atoms with Gasteiger partial charge in [-0.3, -0.25) is 9.59 Å². The molecule has 29 heavy (non-hydrogen) atoms. The van der Waals surface area contributed by atoms with Gasteiger partial charge in [0.2, 0.25) is 13.3 Å². The number of rotatable bonds is 7. The van der Waals surface area contributed by atoms with E-state index in [0.29, 0.717) is 11.6 Å². The second kappa shape index (κ2) is 11.9. The third-order valence-corrected chi connectivity index (χ3v) is 6.37. The highest BCUT2D eigenvalue weighted by Crippen LogP contribution is 2.27. The van der Waals surface area contributed by atoms with Crippen LogP contribution in [0.3, 0.4) is 0 Å². The molecule has 2 amide bonds. The van der Waals surface area contributed by atoms with Crippen molar-refractivity contribution in [3.05, 3.63) is 30.3 Å². The van der Waals surface area contributed by atoms with Crippen LogP contribution in [0.15, 0.2) is 30.3 Å². The summed E-state index contributed by atoms with van der Waals surface area (Å²) in [5.74, 6) is 1.57. The predicted molar refractivity (Wildman–Crippen MR) is 117 cm³/mol. The van der Waals surface area contributed by atoms with Crippen molar-refractivity contribution in [1.29, 1.82) is 0 Å². The number of ether oxygens (including phenoxy) is 1. The van der Waals surface area contributed by atoms with Crippen molar-refractivity contribution < 1.29 is 14.3 Å². The molecule has 0 atom stereocenters. The topological polar surface area (TPSA) is 67.4 Å². The Morgan fingerprint density at radius 2 is 1.55 bits per heavy atom. The van der Waals surface area contributed by atoms with E-state index in [1.807, 2.05) is 30.3 Å². The fourth-order valence-electron chi connectivity index (χ4n) is 4.57. The molecule has 0 aliphatic heterocycles. The minimum absolute atomic E-state index is 0.0335. The molecule has 2 N–H and O–H groups in total. The Bertz CT molecular complexity index is 624. The van der Waals surface area contributed by atoms with Crippen molar-refractivity contribution >= 4 is 19.2 Å². The number of nitrogens with one attached hydrogen (secondary N) is 2. The van der Waals surface area contributed by atoms with E-state index in [0.717, 1.165) is 33.1 Å². The summed E-state index contributed by atoms with van der Waals surface area (Å²) in [6.45, 7) is 0.0335. The highest BCUT2D eigenvalue weighted by atomic mass is 16.5. The van der Waals surface area contributed by atoms with E-state index >= 15 is 0 Å². The molecule has 0 bridgehead atoms. The van der Waals surface area contributed by atoms with Crippen LogP contribution in [0.4, 0.5) is 0 Å². The molecular formula is C23H35BN2O3. The first-order valence-corrected chi connectivity index (χ1v) is 11.5. The Kier molecular flexibility index (Phi) is 8.91. The van der Waals surface area contributed by atoms with Crippen LogP contribution in [0.1, 0.15) is 70.6 Å². The summed E-state index contributed by atoms with van der Waals surface area (Å²) in [5.41, 5.74) is 0. The second-order valence-electron chi connectivity index (χ2n) is 8.67. The van der Waals surface area contributed by atoms with Crippen molar-refractivity contribution in [2.75, 3.05) is 6.61 Å². The third-order valence-electron chi connectivity index (χ3n) is 6.37. The molecule has 0 aromatic heterocycles. The number of hydrogen-bond acceptors (Lipinski definition) is 3. The molecule has 2 aliphatic rings. The van der Waals surface area contributed by atoms with Crippen molar-refractivity contribution in [1.82, 2.24) is 10.5 Å². The summed E-state index contributed by atoms with van der Waals surface area (Å²) in [6.07, 6.45) is 12.6. The van der Waals surface area contributed by atoms with Gasteiger partial charge < -0.3 is 15.3 Å². The second-order valence-corrected chi connectivity index (χ2v) is 8.67. The molecule has 0 saturated heterocycles. The molecule has 2 saturated carbocycles. The summed E-state index contributed by atoms with van der Waals surface area (Å²) in [5, 5.41) is 6.27. The van der Waals surface area contributed by atoms with Crippen molar-refractivity contribution in [2.45, 2.75) is 82.5 Å². The van der Waals surface area contributed by atoms with Crippen LogP contribution in [0, 0.1) is 5.92 Å². The van der Waals surface area contributed by atoms with Crippen LogP contribution >= 0.6 is 0 Å². The van der Waals surface area contributed by atoms with Gasteiger partial charge in [0.25, 0.3) is 5.91 Å². The molecule has 2 aliphatic carbocycles. The maximum Gasteiger partial charge on any atom is 0.258 e. The predicted octanol–water partition coefficient (Wildman–Crippen LogP) is 3.74. The fraction of sp³-hybridized carbons (Fsp3) is 0.652. The first-order chi connectivity index (χ1) is 14.2. The van der Waals surface area contributed by atoms with Gasteiger partial charge in [-0.2, -0.15) is 0 Å². The van der Waals surface area contributed by atoms with Gasteiger partial charge in [0.1, 0.15) is 5.75 Å². The lowest BCUT2D eigenvalue weighted by Crippen LogP contribution is -2.43. The van der Waals surface area contributed by atoms with E-state index in [-0.39, 0.29) is 30.4 Å². The van der Waals surface area contributed by atoms with E-state index in [1.165, 1.54) is 44.9 Å². The molecule has 5 nitrogen and oxygen atoms in total. The first-order valence-electron chi connectivity index (χ1n) is 11.5. The minimum atomic E-state index is -0.0916. The number of para-hydroxylation sites is 1. The largest absolute Gasteiger partial charge is 0.484 e. The zero-order valence-electron chi connectivity index (χ0n) is 17.5. The summed E-state index contributed by atoms with van der Waals surface area (Å²) < 4.78 is 5.50. The van der Waals surface area contributed by atoms with E-state index in [9.17, 15) is 9.59 Å². The molecule has 0 heterocycles. The fourth-order valence-corrected chi connectivity index (χ4v) is 4.57. The van der Waals surface area contributed by atoms with E-state index in [1.54, 1.807) is 0 Å². The SMILES string of the molecule is O=C(COc1ccccc1)NC1CCC(C(=O)NBC2CCCCCCC2)CC1. The smallest absolute Gasteiger partial charge is 0.258 e. The van der Waals surface area contributed by atoms with Gasteiger partial charge in [-0.25, -0.2) is 0 Å². The van der Waals surface area contributed by atoms with Gasteiger partial charge in [0.15, 0.2) is 6.61 Å². The third kappa shape index (κ3) is 7.75. The zero-order valence-corrected chi connectivity index (χ0v) is 17.5. The number of carbonyl (C=O) groups is 2. The van der Waals surface area contributed by atoms with Crippen molar-refractivity contribution in [3.63, 3.8) is 0 Å². The Balaban J connectivity index is 1.30. The van der Waals surface area contributed by atoms with Crippen molar-refractivity contribution in [2.24, 2.45) is 5.92 Å². The van der Waals surface area contributed by atoms with Gasteiger partial charge in [-0.15, -0.1) is 0 Å². The Morgan fingerprint density at radius 3 is 2.24 bits per heavy atom. The van der Waals surface area contributed by atoms with Crippen LogP contribution in [-0.2, 0) is 9.59 Å². The number of carbonyl (C=O) groups excluding carboxylic acids is 2. The average Bonchev–Trinajstić information content (AvgIpc) is 2.72. The molecule has 0 unspecified atom stereocenters. The number of hydrogen-bond donors (Lipinski definition) is 2. The highest BCUT2D eigenvalue weighted by Gasteiger charge is 2.27. The standard InChI is InChI=1S/C23H35BN2O3/c27-22(17-29-21-11-7-4-8-12-21)25-20-15-13-18(14-16-20)23(28)26-24-19-9-5-2-1-3-6-10-19/h4,7-8,11-12,18-20,24H,1-3,5-6,9-10,13-17H2,(H,25,27)(H,26,28). The van der Waals surface area contributed by atoms with E-state index in [2.05, 4.69) is 10.5 Å². The monoisotopic (exact) mass is 398 g/mol. The van der Waals surface area contributed by atoms with Crippen LogP contribution in [0.5, 0.6) is 5.75 Å². The molecule has 1 aromatic rings. The summed E-state index contributed by atoms with van der Waals surface area (Å²) in [4.78, 5) is 24.7. The summed E-state index contributed by atoms with van der Waals surface area (Å²) >= 11 is 0.